The molecule has 78 valence electrons. The highest BCUT2D eigenvalue weighted by Crippen LogP contribution is 2.12. The van der Waals surface area contributed by atoms with Crippen molar-refractivity contribution >= 4 is 18.5 Å². The van der Waals surface area contributed by atoms with Crippen LogP contribution in [0.1, 0.15) is 33.2 Å². The molecule has 0 saturated heterocycles. The molecule has 15 heavy (non-hydrogen) atoms. The summed E-state index contributed by atoms with van der Waals surface area (Å²) in [5.74, 6) is -1.00. The van der Waals surface area contributed by atoms with Crippen molar-refractivity contribution in [2.45, 2.75) is 13.3 Å². The molecule has 4 heteroatoms. The molecule has 4 nitrogen and oxygen atoms in total. The molecule has 1 aromatic rings. The third-order valence-corrected chi connectivity index (χ3v) is 2.08. The van der Waals surface area contributed by atoms with Crippen LogP contribution in [0.5, 0.6) is 0 Å². The van der Waals surface area contributed by atoms with Crippen LogP contribution in [0.2, 0.25) is 0 Å². The molecule has 0 fully saturated rings. The number of aliphatic imine (C=N–C) groups is 1. The van der Waals surface area contributed by atoms with E-state index >= 15 is 0 Å². The van der Waals surface area contributed by atoms with Crippen LogP contribution in [-0.2, 0) is 6.42 Å². The van der Waals surface area contributed by atoms with E-state index in [1.165, 1.54) is 6.07 Å². The van der Waals surface area contributed by atoms with E-state index in [0.717, 1.165) is 12.0 Å². The Morgan fingerprint density at radius 1 is 1.33 bits per heavy atom. The first-order chi connectivity index (χ1) is 7.08. The Labute approximate surface area is 87.8 Å². The Bertz CT molecular complexity index is 425. The number of carbonyl (C=O) groups is 2. The molecular weight excluding hydrogens is 192 g/mol. The van der Waals surface area contributed by atoms with Crippen LogP contribution in [-0.4, -0.2) is 18.5 Å². The van der Waals surface area contributed by atoms with E-state index < -0.39 is 11.8 Å². The van der Waals surface area contributed by atoms with E-state index in [-0.39, 0.29) is 0 Å². The molecule has 0 bridgehead atoms. The number of rotatable bonds is 3. The molecule has 0 aromatic heterocycles. The maximum atomic E-state index is 11.3. The molecule has 0 unspecified atom stereocenters. The number of hydrogen-bond donors (Lipinski definition) is 1. The van der Waals surface area contributed by atoms with Crippen LogP contribution >= 0.6 is 0 Å². The van der Waals surface area contributed by atoms with Gasteiger partial charge < -0.3 is 5.73 Å². The van der Waals surface area contributed by atoms with Gasteiger partial charge in [0.25, 0.3) is 5.91 Å². The molecule has 0 aliphatic carbocycles. The maximum Gasteiger partial charge on any atom is 0.276 e. The van der Waals surface area contributed by atoms with E-state index in [1.807, 2.05) is 6.92 Å². The van der Waals surface area contributed by atoms with Crippen LogP contribution < -0.4 is 5.73 Å². The topological polar surface area (TPSA) is 72.5 Å². The SMILES string of the molecule is C=NC(=O)c1cc(CC)cc(C(N)=O)c1. The molecule has 2 N–H and O–H groups in total. The van der Waals surface area contributed by atoms with Gasteiger partial charge in [0.2, 0.25) is 5.91 Å². The first-order valence-electron chi connectivity index (χ1n) is 4.53. The molecule has 0 saturated carbocycles. The van der Waals surface area contributed by atoms with Crippen LogP contribution in [0, 0.1) is 0 Å². The number of amides is 2. The second-order valence-electron chi connectivity index (χ2n) is 3.10. The van der Waals surface area contributed by atoms with E-state index in [9.17, 15) is 9.59 Å². The summed E-state index contributed by atoms with van der Waals surface area (Å²) in [6.45, 7) is 5.08. The van der Waals surface area contributed by atoms with E-state index in [2.05, 4.69) is 11.7 Å². The van der Waals surface area contributed by atoms with Crippen molar-refractivity contribution in [3.8, 4) is 0 Å². The number of primary amides is 1. The minimum Gasteiger partial charge on any atom is -0.366 e. The summed E-state index contributed by atoms with van der Waals surface area (Å²) in [5.41, 5.74) is 6.69. The summed E-state index contributed by atoms with van der Waals surface area (Å²) < 4.78 is 0. The van der Waals surface area contributed by atoms with Gasteiger partial charge in [-0.05, 0) is 36.9 Å². The number of aryl methyl sites for hydroxylation is 1. The highest BCUT2D eigenvalue weighted by atomic mass is 16.1. The standard InChI is InChI=1S/C11H12N2O2/c1-3-7-4-8(10(12)14)6-9(5-7)11(15)13-2/h4-6H,2-3H2,1H3,(H2,12,14). The predicted octanol–water partition coefficient (Wildman–Crippen LogP) is 1.19. The molecule has 2 amide bonds. The zero-order valence-electron chi connectivity index (χ0n) is 8.49. The molecule has 0 aliphatic rings. The van der Waals surface area contributed by atoms with Crippen molar-refractivity contribution < 1.29 is 9.59 Å². The van der Waals surface area contributed by atoms with Crippen molar-refractivity contribution in [3.63, 3.8) is 0 Å². The van der Waals surface area contributed by atoms with Crippen molar-refractivity contribution in [1.82, 2.24) is 0 Å². The normalized spacial score (nSPS) is 9.67. The third kappa shape index (κ3) is 2.49. The fourth-order valence-electron chi connectivity index (χ4n) is 1.25. The van der Waals surface area contributed by atoms with Gasteiger partial charge in [-0.1, -0.05) is 6.92 Å². The summed E-state index contributed by atoms with van der Waals surface area (Å²) in [4.78, 5) is 25.6. The lowest BCUT2D eigenvalue weighted by Crippen LogP contribution is -2.12. The molecule has 1 rings (SSSR count). The fraction of sp³-hybridized carbons (Fsp3) is 0.182. The summed E-state index contributed by atoms with van der Waals surface area (Å²) in [6, 6.07) is 4.78. The monoisotopic (exact) mass is 204 g/mol. The average molecular weight is 204 g/mol. The highest BCUT2D eigenvalue weighted by Gasteiger charge is 2.09. The minimum absolute atomic E-state index is 0.321. The quantitative estimate of drug-likeness (QED) is 0.751. The molecular formula is C11H12N2O2. The Morgan fingerprint density at radius 2 is 1.93 bits per heavy atom. The smallest absolute Gasteiger partial charge is 0.276 e. The molecule has 1 aromatic carbocycles. The predicted molar refractivity (Wildman–Crippen MR) is 58.2 cm³/mol. The molecule has 0 atom stereocenters. The first kappa shape index (κ1) is 11.1. The van der Waals surface area contributed by atoms with Gasteiger partial charge in [0.15, 0.2) is 0 Å². The first-order valence-corrected chi connectivity index (χ1v) is 4.53. The lowest BCUT2D eigenvalue weighted by Gasteiger charge is -2.03. The lowest BCUT2D eigenvalue weighted by molar-refractivity contribution is 0.1000. The Morgan fingerprint density at radius 3 is 2.40 bits per heavy atom. The summed E-state index contributed by atoms with van der Waals surface area (Å²) in [7, 11) is 0. The second kappa shape index (κ2) is 4.50. The summed E-state index contributed by atoms with van der Waals surface area (Å²) in [5, 5.41) is 0. The van der Waals surface area contributed by atoms with E-state index in [0.29, 0.717) is 11.1 Å². The number of nitrogens with zero attached hydrogens (tertiary/aromatic N) is 1. The van der Waals surface area contributed by atoms with Gasteiger partial charge in [-0.15, -0.1) is 0 Å². The number of nitrogens with two attached hydrogens (primary N) is 1. The van der Waals surface area contributed by atoms with Crippen LogP contribution in [0.3, 0.4) is 0 Å². The van der Waals surface area contributed by atoms with E-state index in [4.69, 9.17) is 5.73 Å². The van der Waals surface area contributed by atoms with Crippen LogP contribution in [0.15, 0.2) is 23.2 Å². The number of hydrogen-bond acceptors (Lipinski definition) is 2. The summed E-state index contributed by atoms with van der Waals surface area (Å²) >= 11 is 0. The van der Waals surface area contributed by atoms with Crippen molar-refractivity contribution in [1.29, 1.82) is 0 Å². The fourth-order valence-corrected chi connectivity index (χ4v) is 1.25. The van der Waals surface area contributed by atoms with Crippen molar-refractivity contribution in [3.05, 3.63) is 34.9 Å². The van der Waals surface area contributed by atoms with Gasteiger partial charge in [0, 0.05) is 11.1 Å². The van der Waals surface area contributed by atoms with Gasteiger partial charge in [0.1, 0.15) is 0 Å². The highest BCUT2D eigenvalue weighted by molar-refractivity contribution is 6.00. The zero-order valence-corrected chi connectivity index (χ0v) is 8.49. The average Bonchev–Trinajstić information content (AvgIpc) is 2.27. The van der Waals surface area contributed by atoms with Crippen LogP contribution in [0.4, 0.5) is 0 Å². The molecule has 0 heterocycles. The summed E-state index contributed by atoms with van der Waals surface area (Å²) in [6.07, 6.45) is 0.721. The third-order valence-electron chi connectivity index (χ3n) is 2.08. The molecule has 0 aliphatic heterocycles. The Kier molecular flexibility index (Phi) is 3.33. The van der Waals surface area contributed by atoms with Crippen molar-refractivity contribution in [2.75, 3.05) is 0 Å². The Hall–Kier alpha value is -1.97. The van der Waals surface area contributed by atoms with Gasteiger partial charge in [-0.2, -0.15) is 0 Å². The molecule has 0 spiro atoms. The number of benzene rings is 1. The van der Waals surface area contributed by atoms with Gasteiger partial charge in [0.05, 0.1) is 0 Å². The van der Waals surface area contributed by atoms with Gasteiger partial charge in [-0.25, -0.2) is 4.99 Å². The minimum atomic E-state index is -0.552. The molecule has 0 radical (unpaired) electrons. The van der Waals surface area contributed by atoms with Gasteiger partial charge >= 0.3 is 0 Å². The maximum absolute atomic E-state index is 11.3. The van der Waals surface area contributed by atoms with Crippen LogP contribution in [0.25, 0.3) is 0 Å². The largest absolute Gasteiger partial charge is 0.366 e. The lowest BCUT2D eigenvalue weighted by atomic mass is 10.0. The number of carbonyl (C=O) groups excluding carboxylic acids is 2. The van der Waals surface area contributed by atoms with E-state index in [1.54, 1.807) is 12.1 Å². The second-order valence-corrected chi connectivity index (χ2v) is 3.10. The zero-order chi connectivity index (χ0) is 11.4. The van der Waals surface area contributed by atoms with Crippen molar-refractivity contribution in [2.24, 2.45) is 10.7 Å². The Balaban J connectivity index is 3.28. The van der Waals surface area contributed by atoms with Gasteiger partial charge in [-0.3, -0.25) is 9.59 Å².